The Bertz CT molecular complexity index is 753. The number of esters is 1. The molecular weight excluding hydrogens is 292 g/mol. The fraction of sp³-hybridized carbons (Fsp3) is 0.286. The number of hydrogen-bond donors (Lipinski definition) is 0. The first-order chi connectivity index (χ1) is 9.96. The lowest BCUT2D eigenvalue weighted by molar-refractivity contribution is -0.140. The van der Waals surface area contributed by atoms with Gasteiger partial charge in [0, 0.05) is 25.2 Å². The van der Waals surface area contributed by atoms with Crippen molar-refractivity contribution in [2.75, 3.05) is 20.7 Å². The lowest BCUT2D eigenvalue weighted by Gasteiger charge is -2.17. The zero-order valence-electron chi connectivity index (χ0n) is 11.8. The van der Waals surface area contributed by atoms with Crippen LogP contribution in [0, 0.1) is 0 Å². The van der Waals surface area contributed by atoms with Crippen LogP contribution in [0.5, 0.6) is 0 Å². The average molecular weight is 308 g/mol. The molecule has 0 unspecified atom stereocenters. The summed E-state index contributed by atoms with van der Waals surface area (Å²) in [5.41, 5.74) is 0.611. The maximum absolute atomic E-state index is 12.6. The molecule has 1 aromatic heterocycles. The molecule has 0 saturated heterocycles. The van der Waals surface area contributed by atoms with Crippen molar-refractivity contribution in [3.05, 3.63) is 36.5 Å². The number of aromatic nitrogens is 1. The summed E-state index contributed by atoms with van der Waals surface area (Å²) in [5, 5.41) is 0.560. The van der Waals surface area contributed by atoms with E-state index < -0.39 is 16.0 Å². The van der Waals surface area contributed by atoms with Gasteiger partial charge in [0.2, 0.25) is 10.0 Å². The molecule has 1 aromatic carbocycles. The molecule has 0 bridgehead atoms. The maximum atomic E-state index is 12.6. The predicted octanol–water partition coefficient (Wildman–Crippen LogP) is 1.42. The van der Waals surface area contributed by atoms with Crippen molar-refractivity contribution in [3.63, 3.8) is 0 Å². The van der Waals surface area contributed by atoms with Gasteiger partial charge in [-0.3, -0.25) is 9.78 Å². The largest absolute Gasteiger partial charge is 0.469 e. The molecule has 6 nitrogen and oxygen atoms in total. The lowest BCUT2D eigenvalue weighted by Crippen LogP contribution is -2.29. The maximum Gasteiger partial charge on any atom is 0.306 e. The van der Waals surface area contributed by atoms with E-state index in [0.717, 1.165) is 4.31 Å². The third-order valence-corrected chi connectivity index (χ3v) is 5.07. The smallest absolute Gasteiger partial charge is 0.306 e. The van der Waals surface area contributed by atoms with Crippen LogP contribution in [0.25, 0.3) is 10.9 Å². The molecule has 0 fully saturated rings. The molecule has 0 atom stereocenters. The van der Waals surface area contributed by atoms with Crippen LogP contribution in [-0.4, -0.2) is 44.4 Å². The van der Waals surface area contributed by atoms with Crippen LogP contribution < -0.4 is 0 Å². The molecule has 7 heteroatoms. The molecule has 0 aliphatic heterocycles. The number of sulfonamides is 1. The Balaban J connectivity index is 2.35. The second-order valence-corrected chi connectivity index (χ2v) is 6.49. The number of hydrogen-bond acceptors (Lipinski definition) is 5. The van der Waals surface area contributed by atoms with Crippen molar-refractivity contribution in [2.24, 2.45) is 0 Å². The lowest BCUT2D eigenvalue weighted by atomic mass is 10.2. The average Bonchev–Trinajstić information content (AvgIpc) is 2.51. The Morgan fingerprint density at radius 1 is 1.29 bits per heavy atom. The number of carbonyl (C=O) groups excluding carboxylic acids is 1. The molecule has 2 aromatic rings. The van der Waals surface area contributed by atoms with Gasteiger partial charge in [-0.1, -0.05) is 6.07 Å². The first-order valence-electron chi connectivity index (χ1n) is 6.33. The number of carbonyl (C=O) groups is 1. The molecule has 21 heavy (non-hydrogen) atoms. The highest BCUT2D eigenvalue weighted by molar-refractivity contribution is 7.89. The highest BCUT2D eigenvalue weighted by Gasteiger charge is 2.23. The summed E-state index contributed by atoms with van der Waals surface area (Å²) in [7, 11) is -0.975. The van der Waals surface area contributed by atoms with Crippen molar-refractivity contribution in [1.82, 2.24) is 9.29 Å². The van der Waals surface area contributed by atoms with Gasteiger partial charge >= 0.3 is 5.97 Å². The first-order valence-corrected chi connectivity index (χ1v) is 7.77. The van der Waals surface area contributed by atoms with E-state index in [0.29, 0.717) is 10.9 Å². The second kappa shape index (κ2) is 6.19. The number of nitrogens with zero attached hydrogens (tertiary/aromatic N) is 2. The zero-order chi connectivity index (χ0) is 15.5. The standard InChI is InChI=1S/C14H16N2O4S/c1-16(10-8-14(17)20-2)21(18,19)13-7-3-6-12-11(13)5-4-9-15-12/h3-7,9H,8,10H2,1-2H3. The van der Waals surface area contributed by atoms with Crippen LogP contribution >= 0.6 is 0 Å². The molecule has 0 N–H and O–H groups in total. The van der Waals surface area contributed by atoms with Gasteiger partial charge < -0.3 is 4.74 Å². The number of pyridine rings is 1. The minimum absolute atomic E-state index is 0.00917. The van der Waals surface area contributed by atoms with E-state index in [1.165, 1.54) is 20.2 Å². The van der Waals surface area contributed by atoms with Gasteiger partial charge in [0.15, 0.2) is 0 Å². The van der Waals surface area contributed by atoms with Crippen molar-refractivity contribution in [1.29, 1.82) is 0 Å². The summed E-state index contributed by atoms with van der Waals surface area (Å²) in [6.07, 6.45) is 1.62. The summed E-state index contributed by atoms with van der Waals surface area (Å²) in [4.78, 5) is 15.5. The summed E-state index contributed by atoms with van der Waals surface area (Å²) in [6, 6.07) is 8.34. The summed E-state index contributed by atoms with van der Waals surface area (Å²) in [5.74, 6) is -0.448. The summed E-state index contributed by atoms with van der Waals surface area (Å²) < 4.78 is 30.8. The van der Waals surface area contributed by atoms with E-state index in [-0.39, 0.29) is 17.9 Å². The molecular formula is C14H16N2O4S. The Hall–Kier alpha value is -1.99. The normalized spacial score (nSPS) is 11.8. The van der Waals surface area contributed by atoms with Crippen LogP contribution in [0.2, 0.25) is 0 Å². The van der Waals surface area contributed by atoms with E-state index in [9.17, 15) is 13.2 Å². The van der Waals surface area contributed by atoms with Crippen LogP contribution in [0.15, 0.2) is 41.4 Å². The highest BCUT2D eigenvalue weighted by Crippen LogP contribution is 2.23. The topological polar surface area (TPSA) is 76.6 Å². The minimum Gasteiger partial charge on any atom is -0.469 e. The monoisotopic (exact) mass is 308 g/mol. The second-order valence-electron chi connectivity index (χ2n) is 4.48. The Morgan fingerprint density at radius 3 is 2.76 bits per heavy atom. The molecule has 0 saturated carbocycles. The van der Waals surface area contributed by atoms with Crippen LogP contribution in [0.1, 0.15) is 6.42 Å². The SMILES string of the molecule is COC(=O)CCN(C)S(=O)(=O)c1cccc2ncccc12. The third kappa shape index (κ3) is 3.20. The zero-order valence-corrected chi connectivity index (χ0v) is 12.6. The van der Waals surface area contributed by atoms with Crippen LogP contribution in [-0.2, 0) is 19.6 Å². The van der Waals surface area contributed by atoms with Crippen molar-refractivity contribution >= 4 is 26.9 Å². The summed E-state index contributed by atoms with van der Waals surface area (Å²) in [6.45, 7) is 0.0612. The molecule has 0 amide bonds. The predicted molar refractivity (Wildman–Crippen MR) is 78.2 cm³/mol. The van der Waals surface area contributed by atoms with Gasteiger partial charge in [-0.25, -0.2) is 12.7 Å². The molecule has 0 aliphatic rings. The number of rotatable bonds is 5. The fourth-order valence-corrected chi connectivity index (χ4v) is 3.31. The number of methoxy groups -OCH3 is 1. The van der Waals surface area contributed by atoms with Crippen LogP contribution in [0.3, 0.4) is 0 Å². The third-order valence-electron chi connectivity index (χ3n) is 3.15. The molecule has 1 heterocycles. The number of benzene rings is 1. The molecule has 0 spiro atoms. The minimum atomic E-state index is -3.68. The molecule has 0 radical (unpaired) electrons. The van der Waals surface area contributed by atoms with Crippen molar-refractivity contribution < 1.29 is 17.9 Å². The van der Waals surface area contributed by atoms with E-state index in [1.54, 1.807) is 30.5 Å². The highest BCUT2D eigenvalue weighted by atomic mass is 32.2. The number of ether oxygens (including phenoxy) is 1. The van der Waals surface area contributed by atoms with E-state index in [1.807, 2.05) is 0 Å². The van der Waals surface area contributed by atoms with Gasteiger partial charge in [0.25, 0.3) is 0 Å². The van der Waals surface area contributed by atoms with Gasteiger partial charge in [-0.2, -0.15) is 0 Å². The van der Waals surface area contributed by atoms with Crippen molar-refractivity contribution in [2.45, 2.75) is 11.3 Å². The quantitative estimate of drug-likeness (QED) is 0.781. The molecule has 112 valence electrons. The van der Waals surface area contributed by atoms with E-state index >= 15 is 0 Å². The van der Waals surface area contributed by atoms with E-state index in [2.05, 4.69) is 9.72 Å². The fourth-order valence-electron chi connectivity index (χ4n) is 1.94. The van der Waals surface area contributed by atoms with Gasteiger partial charge in [0.1, 0.15) is 0 Å². The Labute approximate surface area is 123 Å². The van der Waals surface area contributed by atoms with Gasteiger partial charge in [-0.15, -0.1) is 0 Å². The molecule has 2 rings (SSSR count). The Morgan fingerprint density at radius 2 is 2.05 bits per heavy atom. The van der Waals surface area contributed by atoms with Crippen LogP contribution in [0.4, 0.5) is 0 Å². The molecule has 0 aliphatic carbocycles. The first kappa shape index (κ1) is 15.4. The van der Waals surface area contributed by atoms with Crippen molar-refractivity contribution in [3.8, 4) is 0 Å². The van der Waals surface area contributed by atoms with Gasteiger partial charge in [-0.05, 0) is 24.3 Å². The van der Waals surface area contributed by atoms with Gasteiger partial charge in [0.05, 0.1) is 23.9 Å². The number of fused-ring (bicyclic) bond motifs is 1. The van der Waals surface area contributed by atoms with E-state index in [4.69, 9.17) is 0 Å². The Kier molecular flexibility index (Phi) is 4.54. The summed E-state index contributed by atoms with van der Waals surface area (Å²) >= 11 is 0.